The monoisotopic (exact) mass is 270 g/mol. The van der Waals surface area contributed by atoms with Crippen molar-refractivity contribution >= 4 is 11.0 Å². The maximum atomic E-state index is 4.39. The Kier molecular flexibility index (Phi) is 3.20. The van der Waals surface area contributed by atoms with Gasteiger partial charge in [0.05, 0.1) is 0 Å². The highest BCUT2D eigenvalue weighted by atomic mass is 15.2. The van der Waals surface area contributed by atoms with E-state index in [-0.39, 0.29) is 0 Å². The van der Waals surface area contributed by atoms with Gasteiger partial charge in [0, 0.05) is 36.4 Å². The summed E-state index contributed by atoms with van der Waals surface area (Å²) in [5, 5.41) is 4.96. The zero-order valence-electron chi connectivity index (χ0n) is 11.8. The fourth-order valence-electron chi connectivity index (χ4n) is 3.91. The van der Waals surface area contributed by atoms with Crippen LogP contribution in [0.2, 0.25) is 0 Å². The molecular formula is C16H22N4. The zero-order chi connectivity index (χ0) is 13.4. The van der Waals surface area contributed by atoms with Gasteiger partial charge in [-0.15, -0.1) is 0 Å². The van der Waals surface area contributed by atoms with Crippen molar-refractivity contribution in [1.29, 1.82) is 0 Å². The molecule has 2 aliphatic heterocycles. The number of hydrogen-bond donors (Lipinski definition) is 2. The standard InChI is InChI=1S/C16H22N4/c1-4-13-12(10-19-16(13)18-8-1)11-20-9-3-6-15(20)14-5-2-7-17-14/h1,4,8,10,14-15,17H,2-3,5-7,9,11H2,(H,18,19). The molecule has 4 heterocycles. The van der Waals surface area contributed by atoms with Gasteiger partial charge < -0.3 is 10.3 Å². The van der Waals surface area contributed by atoms with Crippen LogP contribution < -0.4 is 5.32 Å². The van der Waals surface area contributed by atoms with E-state index in [1.807, 2.05) is 12.3 Å². The number of nitrogens with one attached hydrogen (secondary N) is 2. The smallest absolute Gasteiger partial charge is 0.137 e. The van der Waals surface area contributed by atoms with Crippen molar-refractivity contribution in [3.63, 3.8) is 0 Å². The fourth-order valence-corrected chi connectivity index (χ4v) is 3.91. The lowest BCUT2D eigenvalue weighted by atomic mass is 10.0. The first kappa shape index (κ1) is 12.4. The topological polar surface area (TPSA) is 44.0 Å². The Hall–Kier alpha value is -1.39. The molecule has 2 atom stereocenters. The second-order valence-corrected chi connectivity index (χ2v) is 6.10. The third-order valence-electron chi connectivity index (χ3n) is 4.89. The summed E-state index contributed by atoms with van der Waals surface area (Å²) < 4.78 is 0. The number of aromatic amines is 1. The molecule has 2 N–H and O–H groups in total. The van der Waals surface area contributed by atoms with Gasteiger partial charge in [0.15, 0.2) is 0 Å². The normalized spacial score (nSPS) is 27.6. The molecule has 0 spiro atoms. The van der Waals surface area contributed by atoms with Crippen LogP contribution >= 0.6 is 0 Å². The van der Waals surface area contributed by atoms with Crippen LogP contribution in [0.3, 0.4) is 0 Å². The zero-order valence-corrected chi connectivity index (χ0v) is 11.8. The maximum absolute atomic E-state index is 4.39. The van der Waals surface area contributed by atoms with Crippen LogP contribution in [-0.4, -0.2) is 40.0 Å². The summed E-state index contributed by atoms with van der Waals surface area (Å²) in [6.45, 7) is 3.48. The molecule has 4 heteroatoms. The van der Waals surface area contributed by atoms with Gasteiger partial charge in [0.2, 0.25) is 0 Å². The molecule has 106 valence electrons. The minimum Gasteiger partial charge on any atom is -0.346 e. The third kappa shape index (κ3) is 2.13. The van der Waals surface area contributed by atoms with E-state index in [2.05, 4.69) is 32.4 Å². The molecule has 2 aromatic rings. The molecule has 4 rings (SSSR count). The molecule has 2 aromatic heterocycles. The first-order valence-corrected chi connectivity index (χ1v) is 7.80. The lowest BCUT2D eigenvalue weighted by Gasteiger charge is -2.29. The highest BCUT2D eigenvalue weighted by Gasteiger charge is 2.33. The molecule has 2 saturated heterocycles. The summed E-state index contributed by atoms with van der Waals surface area (Å²) in [6, 6.07) is 5.63. The number of likely N-dealkylation sites (tertiary alicyclic amines) is 1. The van der Waals surface area contributed by atoms with E-state index in [1.165, 1.54) is 49.7 Å². The summed E-state index contributed by atoms with van der Waals surface area (Å²) in [6.07, 6.45) is 9.35. The van der Waals surface area contributed by atoms with Crippen LogP contribution in [-0.2, 0) is 6.54 Å². The predicted molar refractivity (Wildman–Crippen MR) is 80.6 cm³/mol. The SMILES string of the molecule is c1cnc2[nH]cc(CN3CCCC3C3CCCN3)c2c1. The molecule has 2 fully saturated rings. The molecular weight excluding hydrogens is 248 g/mol. The second kappa shape index (κ2) is 5.19. The number of rotatable bonds is 3. The van der Waals surface area contributed by atoms with Gasteiger partial charge in [-0.05, 0) is 56.5 Å². The van der Waals surface area contributed by atoms with Gasteiger partial charge in [-0.1, -0.05) is 0 Å². The van der Waals surface area contributed by atoms with Crippen LogP contribution in [0.1, 0.15) is 31.2 Å². The minimum atomic E-state index is 0.709. The summed E-state index contributed by atoms with van der Waals surface area (Å²) in [5.74, 6) is 0. The van der Waals surface area contributed by atoms with Gasteiger partial charge in [-0.2, -0.15) is 0 Å². The van der Waals surface area contributed by atoms with Crippen LogP contribution in [0.25, 0.3) is 11.0 Å². The average molecular weight is 270 g/mol. The molecule has 0 aromatic carbocycles. The first-order valence-electron chi connectivity index (χ1n) is 7.80. The van der Waals surface area contributed by atoms with Gasteiger partial charge in [0.25, 0.3) is 0 Å². The molecule has 0 radical (unpaired) electrons. The third-order valence-corrected chi connectivity index (χ3v) is 4.89. The van der Waals surface area contributed by atoms with Crippen LogP contribution in [0.4, 0.5) is 0 Å². The van der Waals surface area contributed by atoms with Crippen molar-refractivity contribution in [2.75, 3.05) is 13.1 Å². The van der Waals surface area contributed by atoms with Gasteiger partial charge in [0.1, 0.15) is 5.65 Å². The summed E-state index contributed by atoms with van der Waals surface area (Å²) in [4.78, 5) is 10.3. The van der Waals surface area contributed by atoms with Crippen molar-refractivity contribution < 1.29 is 0 Å². The van der Waals surface area contributed by atoms with Crippen molar-refractivity contribution in [3.05, 3.63) is 30.1 Å². The molecule has 2 aliphatic rings. The van der Waals surface area contributed by atoms with Crippen molar-refractivity contribution in [1.82, 2.24) is 20.2 Å². The van der Waals surface area contributed by atoms with Crippen LogP contribution in [0.5, 0.6) is 0 Å². The summed E-state index contributed by atoms with van der Waals surface area (Å²) in [7, 11) is 0. The van der Waals surface area contributed by atoms with E-state index in [0.29, 0.717) is 6.04 Å². The molecule has 2 unspecified atom stereocenters. The highest BCUT2D eigenvalue weighted by molar-refractivity contribution is 5.79. The molecule has 0 aliphatic carbocycles. The lowest BCUT2D eigenvalue weighted by molar-refractivity contribution is 0.207. The Balaban J connectivity index is 1.55. The number of H-pyrrole nitrogens is 1. The summed E-state index contributed by atoms with van der Waals surface area (Å²) >= 11 is 0. The Labute approximate surface area is 119 Å². The van der Waals surface area contributed by atoms with E-state index < -0.39 is 0 Å². The Bertz CT molecular complexity index is 585. The molecule has 0 amide bonds. The van der Waals surface area contributed by atoms with Crippen molar-refractivity contribution in [2.24, 2.45) is 0 Å². The second-order valence-electron chi connectivity index (χ2n) is 6.10. The average Bonchev–Trinajstić information content (AvgIpc) is 3.19. The minimum absolute atomic E-state index is 0.709. The Morgan fingerprint density at radius 3 is 3.20 bits per heavy atom. The van der Waals surface area contributed by atoms with E-state index in [9.17, 15) is 0 Å². The number of hydrogen-bond acceptors (Lipinski definition) is 3. The predicted octanol–water partition coefficient (Wildman–Crippen LogP) is 2.28. The van der Waals surface area contributed by atoms with Crippen LogP contribution in [0.15, 0.2) is 24.5 Å². The van der Waals surface area contributed by atoms with Crippen LogP contribution in [0, 0.1) is 0 Å². The van der Waals surface area contributed by atoms with Gasteiger partial charge >= 0.3 is 0 Å². The van der Waals surface area contributed by atoms with E-state index in [1.54, 1.807) is 0 Å². The maximum Gasteiger partial charge on any atom is 0.137 e. The molecule has 20 heavy (non-hydrogen) atoms. The Morgan fingerprint density at radius 2 is 2.30 bits per heavy atom. The van der Waals surface area contributed by atoms with E-state index >= 15 is 0 Å². The number of pyridine rings is 1. The van der Waals surface area contributed by atoms with E-state index in [4.69, 9.17) is 0 Å². The largest absolute Gasteiger partial charge is 0.346 e. The fraction of sp³-hybridized carbons (Fsp3) is 0.562. The first-order chi connectivity index (χ1) is 9.92. The number of aromatic nitrogens is 2. The van der Waals surface area contributed by atoms with Crippen molar-refractivity contribution in [2.45, 2.75) is 44.3 Å². The quantitative estimate of drug-likeness (QED) is 0.899. The molecule has 0 bridgehead atoms. The molecule has 0 saturated carbocycles. The lowest BCUT2D eigenvalue weighted by Crippen LogP contribution is -2.43. The number of fused-ring (bicyclic) bond motifs is 1. The number of nitrogens with zero attached hydrogens (tertiary/aromatic N) is 2. The van der Waals surface area contributed by atoms with Gasteiger partial charge in [-0.25, -0.2) is 4.98 Å². The Morgan fingerprint density at radius 1 is 1.30 bits per heavy atom. The van der Waals surface area contributed by atoms with Gasteiger partial charge in [-0.3, -0.25) is 4.90 Å². The van der Waals surface area contributed by atoms with Crippen molar-refractivity contribution in [3.8, 4) is 0 Å². The highest BCUT2D eigenvalue weighted by Crippen LogP contribution is 2.28. The van der Waals surface area contributed by atoms with E-state index in [0.717, 1.165) is 18.2 Å². The summed E-state index contributed by atoms with van der Waals surface area (Å²) in [5.41, 5.74) is 2.40. The molecule has 4 nitrogen and oxygen atoms in total.